The third kappa shape index (κ3) is 4.96. The van der Waals surface area contributed by atoms with Gasteiger partial charge in [0.15, 0.2) is 0 Å². The second kappa shape index (κ2) is 7.66. The first-order valence-electron chi connectivity index (χ1n) is 7.36. The Morgan fingerprint density at radius 3 is 2.47 bits per heavy atom. The summed E-state index contributed by atoms with van der Waals surface area (Å²) in [5, 5.41) is 9.29. The van der Waals surface area contributed by atoms with Gasteiger partial charge in [-0.05, 0) is 48.9 Å². The molecule has 0 aliphatic rings. The molecule has 2 heteroatoms. The Hall–Kier alpha value is -0.860. The molecule has 0 amide bonds. The first-order chi connectivity index (χ1) is 8.97. The lowest BCUT2D eigenvalue weighted by Gasteiger charge is -2.23. The van der Waals surface area contributed by atoms with E-state index in [1.165, 1.54) is 16.7 Å². The Kier molecular flexibility index (Phi) is 6.53. The van der Waals surface area contributed by atoms with Crippen LogP contribution in [0.2, 0.25) is 0 Å². The molecule has 0 heterocycles. The summed E-state index contributed by atoms with van der Waals surface area (Å²) in [6.45, 7) is 11.0. The van der Waals surface area contributed by atoms with Gasteiger partial charge in [-0.25, -0.2) is 0 Å². The molecular weight excluding hydrogens is 234 g/mol. The molecule has 1 aromatic carbocycles. The van der Waals surface area contributed by atoms with Crippen LogP contribution in [0.1, 0.15) is 49.8 Å². The maximum Gasteiger partial charge on any atom is 0.0471 e. The maximum absolute atomic E-state index is 9.29. The Labute approximate surface area is 118 Å². The molecule has 0 radical (unpaired) electrons. The van der Waals surface area contributed by atoms with E-state index in [1.807, 2.05) is 0 Å². The molecule has 0 spiro atoms. The largest absolute Gasteiger partial charge is 0.396 e. The fraction of sp³-hybridized carbons (Fsp3) is 0.647. The van der Waals surface area contributed by atoms with Crippen LogP contribution in [-0.4, -0.2) is 30.2 Å². The summed E-state index contributed by atoms with van der Waals surface area (Å²) in [5.41, 5.74) is 4.16. The minimum atomic E-state index is 0.284. The average Bonchev–Trinajstić information content (AvgIpc) is 2.38. The van der Waals surface area contributed by atoms with Gasteiger partial charge in [0, 0.05) is 19.7 Å². The highest BCUT2D eigenvalue weighted by Crippen LogP contribution is 2.20. The molecule has 1 rings (SSSR count). The molecule has 19 heavy (non-hydrogen) atoms. The third-order valence-corrected chi connectivity index (χ3v) is 3.89. The second-order valence-corrected chi connectivity index (χ2v) is 5.99. The summed E-state index contributed by atoms with van der Waals surface area (Å²) in [7, 11) is 2.14. The Balaban J connectivity index is 2.72. The molecule has 1 N–H and O–H groups in total. The average molecular weight is 263 g/mol. The molecule has 1 unspecified atom stereocenters. The number of nitrogens with zero attached hydrogens (tertiary/aromatic N) is 1. The van der Waals surface area contributed by atoms with E-state index in [-0.39, 0.29) is 6.61 Å². The molecule has 0 aliphatic heterocycles. The molecule has 0 saturated heterocycles. The van der Waals surface area contributed by atoms with Crippen molar-refractivity contribution in [1.29, 1.82) is 0 Å². The number of aliphatic hydroxyl groups is 1. The maximum atomic E-state index is 9.29. The standard InChI is InChI=1S/C17H29NO/c1-6-15(12-19)10-18(5)11-17-9-16(13(2)3)8-7-14(17)4/h7-9,13,15,19H,6,10-12H2,1-5H3. The third-order valence-electron chi connectivity index (χ3n) is 3.89. The molecule has 1 aromatic rings. The molecule has 1 atom stereocenters. The molecule has 0 aliphatic carbocycles. The first kappa shape index (κ1) is 16.2. The summed E-state index contributed by atoms with van der Waals surface area (Å²) in [6, 6.07) is 6.78. The Bertz CT molecular complexity index is 383. The van der Waals surface area contributed by atoms with Crippen LogP contribution in [0.5, 0.6) is 0 Å². The van der Waals surface area contributed by atoms with Crippen molar-refractivity contribution in [3.63, 3.8) is 0 Å². The zero-order valence-corrected chi connectivity index (χ0v) is 13.1. The van der Waals surface area contributed by atoms with Gasteiger partial charge in [-0.2, -0.15) is 0 Å². The molecule has 0 fully saturated rings. The van der Waals surface area contributed by atoms with Gasteiger partial charge in [-0.1, -0.05) is 39.0 Å². The summed E-state index contributed by atoms with van der Waals surface area (Å²) in [4.78, 5) is 2.32. The lowest BCUT2D eigenvalue weighted by atomic mass is 9.97. The van der Waals surface area contributed by atoms with Crippen molar-refractivity contribution in [2.75, 3.05) is 20.2 Å². The Morgan fingerprint density at radius 2 is 1.95 bits per heavy atom. The van der Waals surface area contributed by atoms with E-state index in [4.69, 9.17) is 0 Å². The van der Waals surface area contributed by atoms with Gasteiger partial charge in [0.2, 0.25) is 0 Å². The number of rotatable bonds is 7. The smallest absolute Gasteiger partial charge is 0.0471 e. The predicted octanol–water partition coefficient (Wildman–Crippen LogP) is 3.57. The lowest BCUT2D eigenvalue weighted by Crippen LogP contribution is -2.27. The topological polar surface area (TPSA) is 23.5 Å². The van der Waals surface area contributed by atoms with Crippen LogP contribution < -0.4 is 0 Å². The summed E-state index contributed by atoms with van der Waals surface area (Å²) in [6.07, 6.45) is 1.03. The van der Waals surface area contributed by atoms with Crippen LogP contribution >= 0.6 is 0 Å². The highest BCUT2D eigenvalue weighted by atomic mass is 16.3. The molecule has 108 valence electrons. The quantitative estimate of drug-likeness (QED) is 0.813. The highest BCUT2D eigenvalue weighted by molar-refractivity contribution is 5.32. The number of hydrogen-bond acceptors (Lipinski definition) is 2. The van der Waals surface area contributed by atoms with Crippen LogP contribution in [0.25, 0.3) is 0 Å². The van der Waals surface area contributed by atoms with Crippen LogP contribution in [0.15, 0.2) is 18.2 Å². The summed E-state index contributed by atoms with van der Waals surface area (Å²) < 4.78 is 0. The second-order valence-electron chi connectivity index (χ2n) is 5.99. The van der Waals surface area contributed by atoms with E-state index in [2.05, 4.69) is 57.8 Å². The van der Waals surface area contributed by atoms with Crippen LogP contribution in [0.4, 0.5) is 0 Å². The van der Waals surface area contributed by atoms with Crippen molar-refractivity contribution < 1.29 is 5.11 Å². The lowest BCUT2D eigenvalue weighted by molar-refractivity contribution is 0.173. The van der Waals surface area contributed by atoms with E-state index in [9.17, 15) is 5.11 Å². The number of aliphatic hydroxyl groups excluding tert-OH is 1. The predicted molar refractivity (Wildman–Crippen MR) is 82.5 cm³/mol. The monoisotopic (exact) mass is 263 g/mol. The molecule has 0 saturated carbocycles. The van der Waals surface area contributed by atoms with E-state index in [0.717, 1.165) is 19.5 Å². The van der Waals surface area contributed by atoms with Crippen molar-refractivity contribution in [1.82, 2.24) is 4.90 Å². The number of benzene rings is 1. The summed E-state index contributed by atoms with van der Waals surface area (Å²) >= 11 is 0. The zero-order valence-electron chi connectivity index (χ0n) is 13.1. The van der Waals surface area contributed by atoms with Crippen molar-refractivity contribution in [2.45, 2.75) is 46.6 Å². The van der Waals surface area contributed by atoms with Crippen molar-refractivity contribution in [3.05, 3.63) is 34.9 Å². The Morgan fingerprint density at radius 1 is 1.26 bits per heavy atom. The molecular formula is C17H29NO. The minimum Gasteiger partial charge on any atom is -0.396 e. The van der Waals surface area contributed by atoms with Gasteiger partial charge < -0.3 is 10.0 Å². The van der Waals surface area contributed by atoms with Gasteiger partial charge in [0.1, 0.15) is 0 Å². The fourth-order valence-corrected chi connectivity index (χ4v) is 2.33. The molecule has 0 aromatic heterocycles. The van der Waals surface area contributed by atoms with E-state index in [0.29, 0.717) is 11.8 Å². The van der Waals surface area contributed by atoms with Gasteiger partial charge >= 0.3 is 0 Å². The zero-order chi connectivity index (χ0) is 14.4. The van der Waals surface area contributed by atoms with Crippen molar-refractivity contribution in [2.24, 2.45) is 5.92 Å². The van der Waals surface area contributed by atoms with Gasteiger partial charge in [-0.15, -0.1) is 0 Å². The van der Waals surface area contributed by atoms with Crippen molar-refractivity contribution in [3.8, 4) is 0 Å². The van der Waals surface area contributed by atoms with Crippen LogP contribution in [-0.2, 0) is 6.54 Å². The van der Waals surface area contributed by atoms with Gasteiger partial charge in [0.25, 0.3) is 0 Å². The molecule has 2 nitrogen and oxygen atoms in total. The van der Waals surface area contributed by atoms with Crippen LogP contribution in [0.3, 0.4) is 0 Å². The minimum absolute atomic E-state index is 0.284. The van der Waals surface area contributed by atoms with Gasteiger partial charge in [0.05, 0.1) is 0 Å². The van der Waals surface area contributed by atoms with E-state index in [1.54, 1.807) is 0 Å². The number of aryl methyl sites for hydroxylation is 1. The summed E-state index contributed by atoms with van der Waals surface area (Å²) in [5.74, 6) is 0.962. The first-order valence-corrected chi connectivity index (χ1v) is 7.36. The van der Waals surface area contributed by atoms with E-state index < -0.39 is 0 Å². The van der Waals surface area contributed by atoms with E-state index >= 15 is 0 Å². The number of hydrogen-bond donors (Lipinski definition) is 1. The molecule has 0 bridgehead atoms. The normalized spacial score (nSPS) is 13.3. The van der Waals surface area contributed by atoms with Crippen LogP contribution in [0, 0.1) is 12.8 Å². The fourth-order valence-electron chi connectivity index (χ4n) is 2.33. The van der Waals surface area contributed by atoms with Crippen molar-refractivity contribution >= 4 is 0 Å². The van der Waals surface area contributed by atoms with Gasteiger partial charge in [-0.3, -0.25) is 0 Å². The highest BCUT2D eigenvalue weighted by Gasteiger charge is 2.11. The SMILES string of the molecule is CCC(CO)CN(C)Cc1cc(C(C)C)ccc1C.